The molecule has 18 heavy (non-hydrogen) atoms. The van der Waals surface area contributed by atoms with E-state index in [0.717, 1.165) is 26.4 Å². The van der Waals surface area contributed by atoms with Gasteiger partial charge < -0.3 is 5.73 Å². The number of thiazole rings is 1. The minimum Gasteiger partial charge on any atom is -0.399 e. The highest BCUT2D eigenvalue weighted by molar-refractivity contribution is 9.10. The van der Waals surface area contributed by atoms with Crippen molar-refractivity contribution in [1.29, 1.82) is 0 Å². The summed E-state index contributed by atoms with van der Waals surface area (Å²) in [5.41, 5.74) is 8.56. The Morgan fingerprint density at radius 3 is 2.50 bits per heavy atom. The lowest BCUT2D eigenvalue weighted by molar-refractivity contribution is 1.41. The highest BCUT2D eigenvalue weighted by Gasteiger charge is 2.08. The molecule has 2 heterocycles. The fourth-order valence-electron chi connectivity index (χ4n) is 1.60. The Labute approximate surface area is 121 Å². The number of aromatic nitrogens is 1. The summed E-state index contributed by atoms with van der Waals surface area (Å²) < 4.78 is 1.10. The van der Waals surface area contributed by atoms with E-state index in [9.17, 15) is 0 Å². The van der Waals surface area contributed by atoms with Crippen LogP contribution >= 0.6 is 38.6 Å². The molecule has 2 aromatic heterocycles. The van der Waals surface area contributed by atoms with Crippen molar-refractivity contribution in [3.63, 3.8) is 0 Å². The maximum absolute atomic E-state index is 5.68. The average molecular weight is 337 g/mol. The van der Waals surface area contributed by atoms with E-state index in [4.69, 9.17) is 5.73 Å². The minimum atomic E-state index is 0.774. The van der Waals surface area contributed by atoms with Crippen molar-refractivity contribution in [2.45, 2.75) is 0 Å². The third-order valence-corrected chi connectivity index (χ3v) is 5.19. The van der Waals surface area contributed by atoms with Gasteiger partial charge in [0.15, 0.2) is 0 Å². The second-order valence-electron chi connectivity index (χ2n) is 3.79. The van der Waals surface area contributed by atoms with Crippen LogP contribution < -0.4 is 5.73 Å². The van der Waals surface area contributed by atoms with Gasteiger partial charge in [0, 0.05) is 26.5 Å². The molecule has 0 aliphatic heterocycles. The lowest BCUT2D eigenvalue weighted by Crippen LogP contribution is -1.83. The number of rotatable bonds is 2. The molecule has 0 spiro atoms. The first-order valence-corrected chi connectivity index (χ1v) is 7.83. The molecule has 3 aromatic rings. The zero-order valence-corrected chi connectivity index (χ0v) is 12.5. The average Bonchev–Trinajstić information content (AvgIpc) is 2.98. The molecule has 1 aromatic carbocycles. The maximum Gasteiger partial charge on any atom is 0.134 e. The third kappa shape index (κ3) is 2.34. The number of hydrogen-bond acceptors (Lipinski definition) is 4. The number of thiophene rings is 1. The van der Waals surface area contributed by atoms with Crippen molar-refractivity contribution in [3.05, 3.63) is 45.6 Å². The zero-order chi connectivity index (χ0) is 12.5. The van der Waals surface area contributed by atoms with Crippen LogP contribution in [0.5, 0.6) is 0 Å². The Bertz CT molecular complexity index is 670. The summed E-state index contributed by atoms with van der Waals surface area (Å²) in [5.74, 6) is 0. The van der Waals surface area contributed by atoms with Crippen LogP contribution in [-0.2, 0) is 0 Å². The third-order valence-electron chi connectivity index (χ3n) is 2.49. The van der Waals surface area contributed by atoms with Crippen molar-refractivity contribution < 1.29 is 0 Å². The Balaban J connectivity index is 1.96. The molecule has 0 saturated heterocycles. The molecule has 0 unspecified atom stereocenters. The Hall–Kier alpha value is -1.17. The highest BCUT2D eigenvalue weighted by atomic mass is 79.9. The fourth-order valence-corrected chi connectivity index (χ4v) is 3.94. The maximum atomic E-state index is 5.68. The summed E-state index contributed by atoms with van der Waals surface area (Å²) in [7, 11) is 0. The number of nitrogens with zero attached hydrogens (tertiary/aromatic N) is 1. The normalized spacial score (nSPS) is 10.7. The van der Waals surface area contributed by atoms with E-state index in [-0.39, 0.29) is 0 Å². The molecule has 90 valence electrons. The number of benzene rings is 1. The van der Waals surface area contributed by atoms with Gasteiger partial charge in [-0.25, -0.2) is 4.98 Å². The van der Waals surface area contributed by atoms with Crippen molar-refractivity contribution in [1.82, 2.24) is 4.98 Å². The zero-order valence-electron chi connectivity index (χ0n) is 9.26. The van der Waals surface area contributed by atoms with E-state index >= 15 is 0 Å². The van der Waals surface area contributed by atoms with E-state index in [0.29, 0.717) is 0 Å². The molecular weight excluding hydrogens is 328 g/mol. The van der Waals surface area contributed by atoms with Crippen LogP contribution in [0, 0.1) is 0 Å². The lowest BCUT2D eigenvalue weighted by atomic mass is 10.1. The first kappa shape index (κ1) is 11.9. The number of hydrogen-bond donors (Lipinski definition) is 1. The van der Waals surface area contributed by atoms with Gasteiger partial charge in [-0.15, -0.1) is 22.7 Å². The molecule has 2 N–H and O–H groups in total. The first-order chi connectivity index (χ1) is 8.72. The van der Waals surface area contributed by atoms with Crippen molar-refractivity contribution >= 4 is 44.3 Å². The summed E-state index contributed by atoms with van der Waals surface area (Å²) in [5, 5.41) is 5.20. The molecule has 0 aliphatic carbocycles. The van der Waals surface area contributed by atoms with E-state index in [1.165, 1.54) is 4.88 Å². The highest BCUT2D eigenvalue weighted by Crippen LogP contribution is 2.34. The van der Waals surface area contributed by atoms with Gasteiger partial charge in [-0.1, -0.05) is 12.1 Å². The van der Waals surface area contributed by atoms with Crippen molar-refractivity contribution in [2.24, 2.45) is 0 Å². The quantitative estimate of drug-likeness (QED) is 0.677. The van der Waals surface area contributed by atoms with Crippen LogP contribution in [0.2, 0.25) is 0 Å². The lowest BCUT2D eigenvalue weighted by Gasteiger charge is -1.96. The standard InChI is InChI=1S/C13H9BrN2S2/c14-9-5-12(17-6-9)13-16-11(7-18-13)8-1-3-10(15)4-2-8/h1-7H,15H2. The molecule has 0 fully saturated rings. The molecular formula is C13H9BrN2S2. The largest absolute Gasteiger partial charge is 0.399 e. The van der Waals surface area contributed by atoms with E-state index in [1.54, 1.807) is 22.7 Å². The van der Waals surface area contributed by atoms with Gasteiger partial charge >= 0.3 is 0 Å². The number of halogens is 1. The summed E-state index contributed by atoms with van der Waals surface area (Å²) in [6.07, 6.45) is 0. The van der Waals surface area contributed by atoms with Crippen LogP contribution in [0.4, 0.5) is 5.69 Å². The Morgan fingerprint density at radius 1 is 1.06 bits per heavy atom. The number of anilines is 1. The molecule has 5 heteroatoms. The monoisotopic (exact) mass is 336 g/mol. The van der Waals surface area contributed by atoms with E-state index in [1.807, 2.05) is 24.3 Å². The van der Waals surface area contributed by atoms with Crippen LogP contribution in [0.15, 0.2) is 45.6 Å². The molecule has 0 bridgehead atoms. The first-order valence-electron chi connectivity index (χ1n) is 5.28. The van der Waals surface area contributed by atoms with Crippen molar-refractivity contribution in [3.8, 4) is 21.1 Å². The molecule has 0 amide bonds. The van der Waals surface area contributed by atoms with E-state index in [2.05, 4.69) is 37.7 Å². The molecule has 0 radical (unpaired) electrons. The van der Waals surface area contributed by atoms with E-state index < -0.39 is 0 Å². The summed E-state index contributed by atoms with van der Waals surface area (Å²) in [6, 6.07) is 9.89. The van der Waals surface area contributed by atoms with Gasteiger partial charge in [-0.3, -0.25) is 0 Å². The fraction of sp³-hybridized carbons (Fsp3) is 0. The van der Waals surface area contributed by atoms with Gasteiger partial charge in [-0.05, 0) is 34.1 Å². The molecule has 0 saturated carbocycles. The van der Waals surface area contributed by atoms with Crippen LogP contribution in [-0.4, -0.2) is 4.98 Å². The molecule has 3 rings (SSSR count). The smallest absolute Gasteiger partial charge is 0.134 e. The van der Waals surface area contributed by atoms with Gasteiger partial charge in [-0.2, -0.15) is 0 Å². The summed E-state index contributed by atoms with van der Waals surface area (Å²) in [6.45, 7) is 0. The van der Waals surface area contributed by atoms with Gasteiger partial charge in [0.1, 0.15) is 5.01 Å². The predicted octanol–water partition coefficient (Wildman–Crippen LogP) is 4.88. The minimum absolute atomic E-state index is 0.774. The van der Waals surface area contributed by atoms with Crippen molar-refractivity contribution in [2.75, 3.05) is 5.73 Å². The molecule has 0 atom stereocenters. The summed E-state index contributed by atoms with van der Waals surface area (Å²) >= 11 is 6.82. The van der Waals surface area contributed by atoms with Gasteiger partial charge in [0.2, 0.25) is 0 Å². The van der Waals surface area contributed by atoms with Crippen LogP contribution in [0.3, 0.4) is 0 Å². The number of nitrogen functional groups attached to an aromatic ring is 1. The van der Waals surface area contributed by atoms with Crippen LogP contribution in [0.25, 0.3) is 21.1 Å². The molecule has 2 nitrogen and oxygen atoms in total. The van der Waals surface area contributed by atoms with Gasteiger partial charge in [0.25, 0.3) is 0 Å². The second-order valence-corrected chi connectivity index (χ2v) is 6.47. The summed E-state index contributed by atoms with van der Waals surface area (Å²) in [4.78, 5) is 5.85. The van der Waals surface area contributed by atoms with Gasteiger partial charge in [0.05, 0.1) is 10.6 Å². The van der Waals surface area contributed by atoms with Crippen LogP contribution in [0.1, 0.15) is 0 Å². The second kappa shape index (κ2) is 4.84. The Morgan fingerprint density at radius 2 is 1.83 bits per heavy atom. The number of nitrogens with two attached hydrogens (primary N) is 1. The topological polar surface area (TPSA) is 38.9 Å². The Kier molecular flexibility index (Phi) is 3.20. The molecule has 0 aliphatic rings. The predicted molar refractivity (Wildman–Crippen MR) is 83.0 cm³/mol. The SMILES string of the molecule is Nc1ccc(-c2csc(-c3cc(Br)cs3)n2)cc1.